The van der Waals surface area contributed by atoms with Gasteiger partial charge in [-0.25, -0.2) is 0 Å². The van der Waals surface area contributed by atoms with Crippen molar-refractivity contribution in [3.05, 3.63) is 82.9 Å². The van der Waals surface area contributed by atoms with Gasteiger partial charge in [0.25, 0.3) is 5.91 Å². The number of aromatic hydroxyl groups is 1. The van der Waals surface area contributed by atoms with Gasteiger partial charge >= 0.3 is 6.18 Å². The lowest BCUT2D eigenvalue weighted by molar-refractivity contribution is -0.137. The molecule has 0 radical (unpaired) electrons. The molecule has 0 aromatic heterocycles. The predicted molar refractivity (Wildman–Crippen MR) is 149 cm³/mol. The molecule has 1 amide bonds. The highest BCUT2D eigenvalue weighted by atomic mass is 19.4. The number of carbonyl (C=O) groups is 1. The highest BCUT2D eigenvalue weighted by molar-refractivity contribution is 6.08. The average Bonchev–Trinajstić information content (AvgIpc) is 3.46. The molecule has 0 saturated carbocycles. The predicted octanol–water partition coefficient (Wildman–Crippen LogP) is 6.12. The number of phenols is 1. The van der Waals surface area contributed by atoms with Crippen molar-refractivity contribution in [3.8, 4) is 11.5 Å². The third-order valence-electron chi connectivity index (χ3n) is 7.67. The summed E-state index contributed by atoms with van der Waals surface area (Å²) < 4.78 is 47.1. The lowest BCUT2D eigenvalue weighted by atomic mass is 9.98. The third-order valence-corrected chi connectivity index (χ3v) is 7.67. The van der Waals surface area contributed by atoms with E-state index in [2.05, 4.69) is 4.90 Å². The molecule has 212 valence electrons. The van der Waals surface area contributed by atoms with E-state index in [0.29, 0.717) is 43.1 Å². The van der Waals surface area contributed by atoms with Gasteiger partial charge < -0.3 is 19.6 Å². The molecule has 40 heavy (non-hydrogen) atoms. The number of anilines is 2. The molecule has 2 heterocycles. The SMILES string of the molecule is CCN(C(=O)c1ccc(OCCN2CCCC2)cc1)c1cc(C(F)(F)F)ccc1N1CCc2cc(O)ccc2C1. The Morgan fingerprint density at radius 2 is 1.73 bits per heavy atom. The fourth-order valence-electron chi connectivity index (χ4n) is 5.50. The summed E-state index contributed by atoms with van der Waals surface area (Å²) in [6.07, 6.45) is -1.48. The van der Waals surface area contributed by atoms with E-state index in [1.165, 1.54) is 23.8 Å². The molecule has 0 bridgehead atoms. The van der Waals surface area contributed by atoms with Crippen LogP contribution in [-0.2, 0) is 19.1 Å². The van der Waals surface area contributed by atoms with Gasteiger partial charge in [0.1, 0.15) is 18.1 Å². The van der Waals surface area contributed by atoms with E-state index in [-0.39, 0.29) is 23.9 Å². The summed E-state index contributed by atoms with van der Waals surface area (Å²) >= 11 is 0. The van der Waals surface area contributed by atoms with E-state index >= 15 is 0 Å². The van der Waals surface area contributed by atoms with Gasteiger partial charge in [0.15, 0.2) is 0 Å². The number of nitrogens with zero attached hydrogens (tertiary/aromatic N) is 3. The normalized spacial score (nSPS) is 15.7. The largest absolute Gasteiger partial charge is 0.508 e. The minimum atomic E-state index is -4.55. The number of hydrogen-bond donors (Lipinski definition) is 1. The second-order valence-corrected chi connectivity index (χ2v) is 10.3. The fourth-order valence-corrected chi connectivity index (χ4v) is 5.50. The summed E-state index contributed by atoms with van der Waals surface area (Å²) in [5, 5.41) is 9.83. The van der Waals surface area contributed by atoms with E-state index in [0.717, 1.165) is 42.9 Å². The van der Waals surface area contributed by atoms with Crippen LogP contribution in [0.15, 0.2) is 60.7 Å². The van der Waals surface area contributed by atoms with Crippen molar-refractivity contribution >= 4 is 17.3 Å². The Labute approximate surface area is 232 Å². The topological polar surface area (TPSA) is 56.2 Å². The van der Waals surface area contributed by atoms with Crippen LogP contribution in [-0.4, -0.2) is 55.2 Å². The van der Waals surface area contributed by atoms with Crippen LogP contribution < -0.4 is 14.5 Å². The molecule has 3 aromatic carbocycles. The third kappa shape index (κ3) is 6.20. The first kappa shape index (κ1) is 27.8. The lowest BCUT2D eigenvalue weighted by Crippen LogP contribution is -2.35. The van der Waals surface area contributed by atoms with Crippen molar-refractivity contribution in [1.29, 1.82) is 0 Å². The zero-order valence-corrected chi connectivity index (χ0v) is 22.6. The summed E-state index contributed by atoms with van der Waals surface area (Å²) in [5.41, 5.74) is 2.35. The number of amides is 1. The van der Waals surface area contributed by atoms with Gasteiger partial charge in [-0.15, -0.1) is 0 Å². The minimum Gasteiger partial charge on any atom is -0.508 e. The van der Waals surface area contributed by atoms with Gasteiger partial charge in [-0.2, -0.15) is 13.2 Å². The number of ether oxygens (including phenoxy) is 1. The van der Waals surface area contributed by atoms with E-state index in [1.54, 1.807) is 43.3 Å². The molecular weight excluding hydrogens is 519 g/mol. The van der Waals surface area contributed by atoms with Gasteiger partial charge in [0.05, 0.1) is 16.9 Å². The quantitative estimate of drug-likeness (QED) is 0.365. The Kier molecular flexibility index (Phi) is 8.21. The van der Waals surface area contributed by atoms with E-state index in [9.17, 15) is 23.1 Å². The molecule has 1 saturated heterocycles. The molecule has 6 nitrogen and oxygen atoms in total. The lowest BCUT2D eigenvalue weighted by Gasteiger charge is -2.35. The van der Waals surface area contributed by atoms with Crippen LogP contribution in [0, 0.1) is 0 Å². The standard InChI is InChI=1S/C31H34F3N3O3/c1-2-37(30(39)22-6-10-27(11-7-22)40-18-17-35-14-3-4-15-35)29-20-25(31(32,33)34)8-12-28(29)36-16-13-23-19-26(38)9-5-24(23)21-36/h5-12,19-20,38H,2-4,13-18,21H2,1H3. The van der Waals surface area contributed by atoms with Crippen LogP contribution in [0.2, 0.25) is 0 Å². The monoisotopic (exact) mass is 553 g/mol. The average molecular weight is 554 g/mol. The van der Waals surface area contributed by atoms with Crippen molar-refractivity contribution in [2.45, 2.75) is 38.9 Å². The smallest absolute Gasteiger partial charge is 0.416 e. The van der Waals surface area contributed by atoms with Gasteiger partial charge in [0.2, 0.25) is 0 Å². The number of phenolic OH excluding ortho intramolecular Hbond substituents is 1. The second-order valence-electron chi connectivity index (χ2n) is 10.3. The van der Waals surface area contributed by atoms with Gasteiger partial charge in [-0.3, -0.25) is 9.69 Å². The summed E-state index contributed by atoms with van der Waals surface area (Å²) in [6.45, 7) is 6.55. The van der Waals surface area contributed by atoms with Crippen LogP contribution in [0.1, 0.15) is 46.8 Å². The molecule has 1 N–H and O–H groups in total. The maximum atomic E-state index is 13.8. The molecule has 0 spiro atoms. The van der Waals surface area contributed by atoms with Crippen molar-refractivity contribution in [2.75, 3.05) is 49.1 Å². The molecule has 0 unspecified atom stereocenters. The zero-order valence-electron chi connectivity index (χ0n) is 22.6. The molecule has 3 aromatic rings. The molecule has 2 aliphatic rings. The van der Waals surface area contributed by atoms with Crippen molar-refractivity contribution in [1.82, 2.24) is 4.90 Å². The molecular formula is C31H34F3N3O3. The number of carbonyl (C=O) groups excluding carboxylic acids is 1. The summed E-state index contributed by atoms with van der Waals surface area (Å²) in [4.78, 5) is 19.4. The number of halogens is 3. The van der Waals surface area contributed by atoms with E-state index < -0.39 is 11.7 Å². The molecule has 0 atom stereocenters. The van der Waals surface area contributed by atoms with Crippen molar-refractivity contribution in [3.63, 3.8) is 0 Å². The molecule has 0 aliphatic carbocycles. The fraction of sp³-hybridized carbons (Fsp3) is 0.387. The summed E-state index contributed by atoms with van der Waals surface area (Å²) in [5.74, 6) is 0.457. The first-order chi connectivity index (χ1) is 19.2. The molecule has 5 rings (SSSR count). The number of alkyl halides is 3. The number of likely N-dealkylation sites (tertiary alicyclic amines) is 1. The summed E-state index contributed by atoms with van der Waals surface area (Å²) in [6, 6.07) is 15.5. The van der Waals surface area contributed by atoms with Gasteiger partial charge in [-0.05, 0) is 105 Å². The Morgan fingerprint density at radius 1 is 0.975 bits per heavy atom. The van der Waals surface area contributed by atoms with E-state index in [1.807, 2.05) is 11.0 Å². The first-order valence-electron chi connectivity index (χ1n) is 13.8. The maximum absolute atomic E-state index is 13.8. The van der Waals surface area contributed by atoms with E-state index in [4.69, 9.17) is 4.74 Å². The van der Waals surface area contributed by atoms with Gasteiger partial charge in [-0.1, -0.05) is 6.07 Å². The highest BCUT2D eigenvalue weighted by Gasteiger charge is 2.33. The second kappa shape index (κ2) is 11.8. The molecule has 2 aliphatic heterocycles. The maximum Gasteiger partial charge on any atom is 0.416 e. The van der Waals surface area contributed by atoms with Crippen molar-refractivity contribution in [2.24, 2.45) is 0 Å². The highest BCUT2D eigenvalue weighted by Crippen LogP contribution is 2.39. The Balaban J connectivity index is 1.38. The van der Waals surface area contributed by atoms with Crippen LogP contribution in [0.4, 0.5) is 24.5 Å². The van der Waals surface area contributed by atoms with Crippen LogP contribution in [0.5, 0.6) is 11.5 Å². The molecule has 1 fully saturated rings. The Bertz CT molecular complexity index is 1340. The zero-order chi connectivity index (χ0) is 28.3. The number of hydrogen-bond acceptors (Lipinski definition) is 5. The number of fused-ring (bicyclic) bond motifs is 1. The minimum absolute atomic E-state index is 0.188. The number of rotatable bonds is 8. The number of benzene rings is 3. The Hall–Kier alpha value is -3.72. The Morgan fingerprint density at radius 3 is 2.42 bits per heavy atom. The molecule has 9 heteroatoms. The van der Waals surface area contributed by atoms with Crippen LogP contribution >= 0.6 is 0 Å². The summed E-state index contributed by atoms with van der Waals surface area (Å²) in [7, 11) is 0. The van der Waals surface area contributed by atoms with Crippen LogP contribution in [0.25, 0.3) is 0 Å². The first-order valence-corrected chi connectivity index (χ1v) is 13.8. The van der Waals surface area contributed by atoms with Crippen LogP contribution in [0.3, 0.4) is 0 Å². The van der Waals surface area contributed by atoms with Crippen molar-refractivity contribution < 1.29 is 27.8 Å². The van der Waals surface area contributed by atoms with Gasteiger partial charge in [0, 0.05) is 31.7 Å².